The van der Waals surface area contributed by atoms with Gasteiger partial charge < -0.3 is 17.2 Å². The first-order valence-electron chi connectivity index (χ1n) is 6.85. The zero-order chi connectivity index (χ0) is 16.0. The van der Waals surface area contributed by atoms with Gasteiger partial charge >= 0.3 is 0 Å². The maximum Gasteiger partial charge on any atom is 0.0911 e. The molecule has 0 saturated carbocycles. The second-order valence-electron chi connectivity index (χ2n) is 4.38. The molecule has 0 saturated heterocycles. The fourth-order valence-electron chi connectivity index (χ4n) is 1.97. The molecule has 0 aromatic heterocycles. The van der Waals surface area contributed by atoms with Crippen LogP contribution in [0, 0.1) is 0 Å². The molecule has 0 bridgehead atoms. The predicted molar refractivity (Wildman–Crippen MR) is 95.9 cm³/mol. The van der Waals surface area contributed by atoms with Crippen LogP contribution < -0.4 is 22.4 Å². The van der Waals surface area contributed by atoms with E-state index in [2.05, 4.69) is 84.9 Å². The Hall–Kier alpha value is -1.20. The summed E-state index contributed by atoms with van der Waals surface area (Å²) in [5.74, 6) is 0. The van der Waals surface area contributed by atoms with E-state index in [9.17, 15) is 0 Å². The van der Waals surface area contributed by atoms with Crippen LogP contribution in [0.5, 0.6) is 0 Å². The number of hydrogen-bond acceptors (Lipinski definition) is 3. The van der Waals surface area contributed by atoms with Crippen molar-refractivity contribution in [3.63, 3.8) is 0 Å². The van der Waals surface area contributed by atoms with Crippen molar-refractivity contribution in [2.24, 2.45) is 17.2 Å². The van der Waals surface area contributed by atoms with Gasteiger partial charge in [-0.1, -0.05) is 72.9 Å². The average Bonchev–Trinajstić information content (AvgIpc) is 3.09. The van der Waals surface area contributed by atoms with Gasteiger partial charge in [0.1, 0.15) is 0 Å². The van der Waals surface area contributed by atoms with Crippen molar-refractivity contribution < 1.29 is 0 Å². The van der Waals surface area contributed by atoms with Crippen LogP contribution in [-0.2, 0) is 0 Å². The third-order valence-corrected chi connectivity index (χ3v) is 6.97. The molecular formula is C16H31N3Si. The van der Waals surface area contributed by atoms with E-state index in [4.69, 9.17) is 0 Å². The highest BCUT2D eigenvalue weighted by Crippen LogP contribution is 2.27. The summed E-state index contributed by atoms with van der Waals surface area (Å²) in [7, 11) is 3.18. The molecule has 0 unspecified atom stereocenters. The second kappa shape index (κ2) is 12.8. The first-order chi connectivity index (χ1) is 9.71. The van der Waals surface area contributed by atoms with Gasteiger partial charge in [0, 0.05) is 0 Å². The summed E-state index contributed by atoms with van der Waals surface area (Å²) in [4.78, 5) is 0. The SMILES string of the molecule is CN.CN.CN.C[Si](C)(c1ccccc1)C1C=CC=C1. The molecule has 4 heteroatoms. The third-order valence-electron chi connectivity index (χ3n) is 3.10. The van der Waals surface area contributed by atoms with Crippen molar-refractivity contribution in [1.29, 1.82) is 0 Å². The molecule has 1 aliphatic carbocycles. The van der Waals surface area contributed by atoms with Crippen LogP contribution in [0.2, 0.25) is 18.6 Å². The van der Waals surface area contributed by atoms with Crippen molar-refractivity contribution in [2.45, 2.75) is 18.6 Å². The molecule has 1 aliphatic rings. The fraction of sp³-hybridized carbons (Fsp3) is 0.375. The summed E-state index contributed by atoms with van der Waals surface area (Å²) in [6.07, 6.45) is 9.00. The van der Waals surface area contributed by atoms with Gasteiger partial charge in [0.05, 0.1) is 8.07 Å². The smallest absolute Gasteiger partial charge is 0.0911 e. The molecule has 2 rings (SSSR count). The van der Waals surface area contributed by atoms with E-state index < -0.39 is 8.07 Å². The summed E-state index contributed by atoms with van der Waals surface area (Å²) in [6, 6.07) is 10.9. The van der Waals surface area contributed by atoms with Gasteiger partial charge in [-0.05, 0) is 26.7 Å². The molecule has 0 atom stereocenters. The van der Waals surface area contributed by atoms with Crippen LogP contribution >= 0.6 is 0 Å². The molecule has 20 heavy (non-hydrogen) atoms. The lowest BCUT2D eigenvalue weighted by Crippen LogP contribution is -2.44. The third kappa shape index (κ3) is 6.30. The molecule has 0 aliphatic heterocycles. The Bertz CT molecular complexity index is 361. The summed E-state index contributed by atoms with van der Waals surface area (Å²) < 4.78 is 0. The summed E-state index contributed by atoms with van der Waals surface area (Å²) in [5, 5.41) is 1.54. The van der Waals surface area contributed by atoms with E-state index in [0.29, 0.717) is 5.54 Å². The van der Waals surface area contributed by atoms with Gasteiger partial charge in [-0.2, -0.15) is 0 Å². The standard InChI is InChI=1S/C13H16Si.3CH5N/c1-14(2,13-10-6-7-11-13)12-8-4-3-5-9-12;3*1-2/h3-11,13H,1-2H3;3*2H2,1H3. The van der Waals surface area contributed by atoms with Crippen LogP contribution in [0.3, 0.4) is 0 Å². The monoisotopic (exact) mass is 293 g/mol. The molecule has 0 heterocycles. The van der Waals surface area contributed by atoms with E-state index in [1.54, 1.807) is 5.19 Å². The van der Waals surface area contributed by atoms with Crippen LogP contribution in [0.15, 0.2) is 54.6 Å². The van der Waals surface area contributed by atoms with E-state index in [-0.39, 0.29) is 0 Å². The number of rotatable bonds is 2. The van der Waals surface area contributed by atoms with Gasteiger partial charge in [0.15, 0.2) is 0 Å². The summed E-state index contributed by atoms with van der Waals surface area (Å²) in [5.41, 5.74) is 14.2. The summed E-state index contributed by atoms with van der Waals surface area (Å²) >= 11 is 0. The van der Waals surface area contributed by atoms with E-state index in [0.717, 1.165) is 0 Å². The maximum absolute atomic E-state index is 4.50. The molecule has 0 radical (unpaired) electrons. The molecule has 114 valence electrons. The lowest BCUT2D eigenvalue weighted by atomic mass is 10.4. The number of nitrogens with two attached hydrogens (primary N) is 3. The highest BCUT2D eigenvalue weighted by Gasteiger charge is 2.30. The highest BCUT2D eigenvalue weighted by atomic mass is 28.3. The van der Waals surface area contributed by atoms with Crippen molar-refractivity contribution >= 4 is 13.3 Å². The maximum atomic E-state index is 4.50. The van der Waals surface area contributed by atoms with E-state index in [1.807, 2.05) is 0 Å². The number of hydrogen-bond donors (Lipinski definition) is 3. The normalized spacial score (nSPS) is 12.4. The minimum absolute atomic E-state index is 0.671. The Kier molecular flexibility index (Phi) is 13.5. The van der Waals surface area contributed by atoms with Gasteiger partial charge in [0.2, 0.25) is 0 Å². The molecule has 3 nitrogen and oxygen atoms in total. The minimum atomic E-state index is -1.32. The van der Waals surface area contributed by atoms with Crippen LogP contribution in [-0.4, -0.2) is 29.2 Å². The lowest BCUT2D eigenvalue weighted by molar-refractivity contribution is 1.31. The molecule has 0 spiro atoms. The number of allylic oxidation sites excluding steroid dienone is 4. The van der Waals surface area contributed by atoms with Crippen molar-refractivity contribution in [3.8, 4) is 0 Å². The van der Waals surface area contributed by atoms with Crippen LogP contribution in [0.4, 0.5) is 0 Å². The highest BCUT2D eigenvalue weighted by molar-refractivity contribution is 6.91. The first kappa shape index (κ1) is 21.1. The quantitative estimate of drug-likeness (QED) is 0.728. The minimum Gasteiger partial charge on any atom is -0.333 e. The summed E-state index contributed by atoms with van der Waals surface area (Å²) in [6.45, 7) is 4.88. The Morgan fingerprint density at radius 3 is 1.55 bits per heavy atom. The largest absolute Gasteiger partial charge is 0.333 e. The second-order valence-corrected chi connectivity index (χ2v) is 9.07. The Morgan fingerprint density at radius 1 is 0.750 bits per heavy atom. The lowest BCUT2D eigenvalue weighted by Gasteiger charge is -2.27. The Labute approximate surface area is 125 Å². The zero-order valence-electron chi connectivity index (χ0n) is 13.5. The van der Waals surface area contributed by atoms with E-state index in [1.165, 1.54) is 21.1 Å². The molecule has 1 aromatic carbocycles. The fourth-order valence-corrected chi connectivity index (χ4v) is 4.59. The molecule has 0 amide bonds. The molecule has 1 aromatic rings. The molecular weight excluding hydrogens is 262 g/mol. The van der Waals surface area contributed by atoms with Crippen molar-refractivity contribution in [2.75, 3.05) is 21.1 Å². The Morgan fingerprint density at radius 2 is 1.15 bits per heavy atom. The van der Waals surface area contributed by atoms with Gasteiger partial charge in [0.25, 0.3) is 0 Å². The Balaban J connectivity index is 0. The first-order valence-corrected chi connectivity index (χ1v) is 9.93. The van der Waals surface area contributed by atoms with Gasteiger partial charge in [-0.25, -0.2) is 0 Å². The van der Waals surface area contributed by atoms with Crippen molar-refractivity contribution in [3.05, 3.63) is 54.6 Å². The predicted octanol–water partition coefficient (Wildman–Crippen LogP) is 1.82. The van der Waals surface area contributed by atoms with E-state index >= 15 is 0 Å². The van der Waals surface area contributed by atoms with Crippen LogP contribution in [0.1, 0.15) is 0 Å². The topological polar surface area (TPSA) is 78.1 Å². The van der Waals surface area contributed by atoms with Gasteiger partial charge in [-0.15, -0.1) is 0 Å². The van der Waals surface area contributed by atoms with Gasteiger partial charge in [-0.3, -0.25) is 0 Å². The van der Waals surface area contributed by atoms with Crippen LogP contribution in [0.25, 0.3) is 0 Å². The average molecular weight is 294 g/mol. The molecule has 6 N–H and O–H groups in total. The van der Waals surface area contributed by atoms with Crippen molar-refractivity contribution in [1.82, 2.24) is 0 Å². The number of benzene rings is 1. The zero-order valence-corrected chi connectivity index (χ0v) is 14.5. The molecule has 0 fully saturated rings.